The first kappa shape index (κ1) is 20.9. The van der Waals surface area contributed by atoms with Crippen LogP contribution in [0.1, 0.15) is 28.5 Å². The number of benzene rings is 1. The molecular formula is C24H21N5O3. The number of aryl methyl sites for hydroxylation is 1. The van der Waals surface area contributed by atoms with Crippen LogP contribution in [0.25, 0.3) is 10.9 Å². The Bertz CT molecular complexity index is 1360. The number of anilines is 2. The third-order valence-corrected chi connectivity index (χ3v) is 4.93. The van der Waals surface area contributed by atoms with Crippen LogP contribution in [0.5, 0.6) is 0 Å². The van der Waals surface area contributed by atoms with E-state index in [9.17, 15) is 14.4 Å². The molecule has 0 saturated carbocycles. The Balaban J connectivity index is 1.62. The largest absolute Gasteiger partial charge is 0.326 e. The summed E-state index contributed by atoms with van der Waals surface area (Å²) in [6.07, 6.45) is 5.08. The van der Waals surface area contributed by atoms with Crippen LogP contribution in [-0.2, 0) is 11.3 Å². The fourth-order valence-electron chi connectivity index (χ4n) is 3.39. The van der Waals surface area contributed by atoms with Gasteiger partial charge in [-0.1, -0.05) is 6.07 Å². The second-order valence-corrected chi connectivity index (χ2v) is 7.38. The highest BCUT2D eigenvalue weighted by atomic mass is 16.2. The Kier molecular flexibility index (Phi) is 5.76. The van der Waals surface area contributed by atoms with Crippen LogP contribution < -0.4 is 16.2 Å². The maximum absolute atomic E-state index is 13.0. The molecule has 0 fully saturated rings. The van der Waals surface area contributed by atoms with E-state index >= 15 is 0 Å². The number of hydrogen-bond donors (Lipinski definition) is 2. The van der Waals surface area contributed by atoms with Crippen molar-refractivity contribution < 1.29 is 9.59 Å². The maximum atomic E-state index is 13.0. The number of pyridine rings is 3. The van der Waals surface area contributed by atoms with Crippen LogP contribution in [0, 0.1) is 6.92 Å². The highest BCUT2D eigenvalue weighted by Crippen LogP contribution is 2.18. The summed E-state index contributed by atoms with van der Waals surface area (Å²) in [6, 6.07) is 13.8. The molecule has 0 spiro atoms. The van der Waals surface area contributed by atoms with Gasteiger partial charge in [0.15, 0.2) is 0 Å². The fraction of sp³-hybridized carbons (Fsp3) is 0.125. The Morgan fingerprint density at radius 3 is 2.41 bits per heavy atom. The van der Waals surface area contributed by atoms with E-state index in [2.05, 4.69) is 20.6 Å². The Morgan fingerprint density at radius 2 is 1.75 bits per heavy atom. The van der Waals surface area contributed by atoms with Gasteiger partial charge < -0.3 is 15.2 Å². The van der Waals surface area contributed by atoms with Crippen molar-refractivity contribution in [2.45, 2.75) is 20.4 Å². The number of nitrogens with one attached hydrogen (secondary N) is 2. The number of rotatable bonds is 5. The van der Waals surface area contributed by atoms with Gasteiger partial charge in [0.2, 0.25) is 5.91 Å². The average Bonchev–Trinajstić information content (AvgIpc) is 2.77. The summed E-state index contributed by atoms with van der Waals surface area (Å²) < 4.78 is 1.57. The van der Waals surface area contributed by atoms with Crippen LogP contribution in [0.4, 0.5) is 11.4 Å². The zero-order chi connectivity index (χ0) is 22.7. The number of carbonyl (C=O) groups is 2. The van der Waals surface area contributed by atoms with Crippen LogP contribution in [-0.4, -0.2) is 26.3 Å². The minimum Gasteiger partial charge on any atom is -0.326 e. The summed E-state index contributed by atoms with van der Waals surface area (Å²) in [5, 5.41) is 5.85. The number of nitrogens with zero attached hydrogens (tertiary/aromatic N) is 3. The zero-order valence-electron chi connectivity index (χ0n) is 17.6. The molecule has 0 bridgehead atoms. The zero-order valence-corrected chi connectivity index (χ0v) is 17.6. The molecule has 3 aromatic heterocycles. The second-order valence-electron chi connectivity index (χ2n) is 7.38. The first-order valence-corrected chi connectivity index (χ1v) is 9.99. The van der Waals surface area contributed by atoms with E-state index in [1.54, 1.807) is 66.5 Å². The lowest BCUT2D eigenvalue weighted by Gasteiger charge is -2.11. The van der Waals surface area contributed by atoms with Gasteiger partial charge in [-0.2, -0.15) is 0 Å². The first-order chi connectivity index (χ1) is 15.4. The van der Waals surface area contributed by atoms with Gasteiger partial charge in [-0.05, 0) is 55.0 Å². The van der Waals surface area contributed by atoms with Gasteiger partial charge in [-0.25, -0.2) is 0 Å². The van der Waals surface area contributed by atoms with Crippen LogP contribution >= 0.6 is 0 Å². The van der Waals surface area contributed by atoms with E-state index in [0.29, 0.717) is 40.1 Å². The molecule has 0 saturated heterocycles. The normalized spacial score (nSPS) is 10.7. The molecule has 8 heteroatoms. The lowest BCUT2D eigenvalue weighted by atomic mass is 10.1. The van der Waals surface area contributed by atoms with Crippen LogP contribution in [0.3, 0.4) is 0 Å². The van der Waals surface area contributed by atoms with Gasteiger partial charge in [-0.3, -0.25) is 24.4 Å². The molecule has 2 N–H and O–H groups in total. The molecule has 8 nitrogen and oxygen atoms in total. The molecule has 0 atom stereocenters. The van der Waals surface area contributed by atoms with Crippen LogP contribution in [0.15, 0.2) is 71.9 Å². The van der Waals surface area contributed by atoms with Crippen molar-refractivity contribution in [2.24, 2.45) is 0 Å². The first-order valence-electron chi connectivity index (χ1n) is 9.99. The van der Waals surface area contributed by atoms with E-state index in [1.165, 1.54) is 6.92 Å². The van der Waals surface area contributed by atoms with Crippen molar-refractivity contribution >= 4 is 34.1 Å². The minimum absolute atomic E-state index is 0.172. The molecule has 0 radical (unpaired) electrons. The molecular weight excluding hydrogens is 406 g/mol. The number of amides is 2. The molecule has 0 aliphatic carbocycles. The highest BCUT2D eigenvalue weighted by molar-refractivity contribution is 6.06. The summed E-state index contributed by atoms with van der Waals surface area (Å²) in [6.45, 7) is 3.53. The van der Waals surface area contributed by atoms with Gasteiger partial charge in [0.25, 0.3) is 11.5 Å². The quantitative estimate of drug-likeness (QED) is 0.508. The molecule has 3 heterocycles. The van der Waals surface area contributed by atoms with Gasteiger partial charge >= 0.3 is 0 Å². The summed E-state index contributed by atoms with van der Waals surface area (Å²) in [5.41, 5.74) is 3.24. The van der Waals surface area contributed by atoms with Gasteiger partial charge in [0.1, 0.15) is 0 Å². The summed E-state index contributed by atoms with van der Waals surface area (Å²) >= 11 is 0. The van der Waals surface area contributed by atoms with Crippen molar-refractivity contribution in [2.75, 3.05) is 10.6 Å². The minimum atomic E-state index is -0.369. The molecule has 0 unspecified atom stereocenters. The van der Waals surface area contributed by atoms with Crippen molar-refractivity contribution in [3.63, 3.8) is 0 Å². The molecule has 0 aliphatic heterocycles. The van der Waals surface area contributed by atoms with Crippen LogP contribution in [0.2, 0.25) is 0 Å². The number of hydrogen-bond acceptors (Lipinski definition) is 5. The van der Waals surface area contributed by atoms with Gasteiger partial charge in [0.05, 0.1) is 28.7 Å². The van der Waals surface area contributed by atoms with E-state index in [-0.39, 0.29) is 17.4 Å². The molecule has 2 amide bonds. The molecule has 32 heavy (non-hydrogen) atoms. The standard InChI is InChI=1S/C24H21N5O3/c1-15-20(23(31)28-19-7-5-18(6-8-19)27-16(2)30)12-21-22(26-15)9-11-29(24(21)32)14-17-4-3-10-25-13-17/h3-13H,14H2,1-2H3,(H,27,30)(H,28,31). The average molecular weight is 427 g/mol. The van der Waals surface area contributed by atoms with Crippen molar-refractivity contribution in [3.05, 3.63) is 94.3 Å². The van der Waals surface area contributed by atoms with E-state index < -0.39 is 0 Å². The summed E-state index contributed by atoms with van der Waals surface area (Å²) in [7, 11) is 0. The van der Waals surface area contributed by atoms with E-state index in [4.69, 9.17) is 0 Å². The summed E-state index contributed by atoms with van der Waals surface area (Å²) in [5.74, 6) is -0.542. The Hall–Kier alpha value is -4.33. The highest BCUT2D eigenvalue weighted by Gasteiger charge is 2.15. The maximum Gasteiger partial charge on any atom is 0.260 e. The van der Waals surface area contributed by atoms with Gasteiger partial charge in [0, 0.05) is 36.9 Å². The molecule has 4 rings (SSSR count). The lowest BCUT2D eigenvalue weighted by Crippen LogP contribution is -2.22. The lowest BCUT2D eigenvalue weighted by molar-refractivity contribution is -0.114. The second kappa shape index (κ2) is 8.81. The Morgan fingerprint density at radius 1 is 1.03 bits per heavy atom. The monoisotopic (exact) mass is 427 g/mol. The Labute approximate surface area is 184 Å². The summed E-state index contributed by atoms with van der Waals surface area (Å²) in [4.78, 5) is 45.6. The predicted octanol–water partition coefficient (Wildman–Crippen LogP) is 3.36. The van der Waals surface area contributed by atoms with Crippen molar-refractivity contribution in [3.8, 4) is 0 Å². The smallest absolute Gasteiger partial charge is 0.260 e. The van der Waals surface area contributed by atoms with E-state index in [0.717, 1.165) is 5.56 Å². The van der Waals surface area contributed by atoms with Crippen molar-refractivity contribution in [1.29, 1.82) is 0 Å². The topological polar surface area (TPSA) is 106 Å². The predicted molar refractivity (Wildman–Crippen MR) is 123 cm³/mol. The molecule has 4 aromatic rings. The fourth-order valence-corrected chi connectivity index (χ4v) is 3.39. The SMILES string of the molecule is CC(=O)Nc1ccc(NC(=O)c2cc3c(=O)n(Cc4cccnc4)ccc3nc2C)cc1. The molecule has 160 valence electrons. The molecule has 1 aromatic carbocycles. The molecule has 0 aliphatic rings. The number of fused-ring (bicyclic) bond motifs is 1. The number of aromatic nitrogens is 3. The van der Waals surface area contributed by atoms with Crippen molar-refractivity contribution in [1.82, 2.24) is 14.5 Å². The third-order valence-electron chi connectivity index (χ3n) is 4.93. The third kappa shape index (κ3) is 4.54. The number of carbonyl (C=O) groups excluding carboxylic acids is 2. The van der Waals surface area contributed by atoms with E-state index in [1.807, 2.05) is 12.1 Å². The van der Waals surface area contributed by atoms with Gasteiger partial charge in [-0.15, -0.1) is 0 Å².